The molecule has 2 aliphatic heterocycles. The van der Waals surface area contributed by atoms with Crippen molar-refractivity contribution in [3.63, 3.8) is 0 Å². The van der Waals surface area contributed by atoms with Crippen molar-refractivity contribution in [2.75, 3.05) is 26.8 Å². The molecule has 11 heteroatoms. The fourth-order valence-corrected chi connectivity index (χ4v) is 5.79. The molecule has 0 radical (unpaired) electrons. The van der Waals surface area contributed by atoms with Crippen LogP contribution in [0.5, 0.6) is 6.01 Å². The number of halogens is 2. The minimum Gasteiger partial charge on any atom is -0.456 e. The summed E-state index contributed by atoms with van der Waals surface area (Å²) >= 11 is 6.57. The molecule has 4 heterocycles. The summed E-state index contributed by atoms with van der Waals surface area (Å²) in [7, 11) is 1.71. The summed E-state index contributed by atoms with van der Waals surface area (Å²) in [6, 6.07) is 5.16. The van der Waals surface area contributed by atoms with E-state index in [1.165, 1.54) is 6.07 Å². The van der Waals surface area contributed by atoms with Gasteiger partial charge in [-0.2, -0.15) is 4.98 Å². The number of aryl methyl sites for hydroxylation is 1. The van der Waals surface area contributed by atoms with Crippen LogP contribution in [-0.4, -0.2) is 82.1 Å². The lowest BCUT2D eigenvalue weighted by atomic mass is 9.94. The molecule has 5 atom stereocenters. The predicted molar refractivity (Wildman–Crippen MR) is 133 cm³/mol. The minimum atomic E-state index is -0.660. The lowest BCUT2D eigenvalue weighted by Crippen LogP contribution is -2.34. The molecule has 1 amide bonds. The molecule has 196 valence electrons. The van der Waals surface area contributed by atoms with E-state index in [9.17, 15) is 9.90 Å². The van der Waals surface area contributed by atoms with E-state index in [1.807, 2.05) is 13.0 Å². The second-order valence-electron chi connectivity index (χ2n) is 9.94. The smallest absolute Gasteiger partial charge is 0.296 e. The number of nitrogens with zero attached hydrogens (tertiary/aromatic N) is 3. The first-order valence-electron chi connectivity index (χ1n) is 12.5. The average Bonchev–Trinajstić information content (AvgIpc) is 3.65. The maximum Gasteiger partial charge on any atom is 0.296 e. The van der Waals surface area contributed by atoms with Gasteiger partial charge in [-0.1, -0.05) is 11.6 Å². The zero-order valence-electron chi connectivity index (χ0n) is 20.5. The Morgan fingerprint density at radius 2 is 2.08 bits per heavy atom. The molecule has 3 aromatic rings. The van der Waals surface area contributed by atoms with E-state index in [1.54, 1.807) is 18.0 Å². The van der Waals surface area contributed by atoms with Gasteiger partial charge in [0.25, 0.3) is 11.9 Å². The third-order valence-electron chi connectivity index (χ3n) is 7.62. The third-order valence-corrected chi connectivity index (χ3v) is 7.94. The van der Waals surface area contributed by atoms with E-state index in [0.29, 0.717) is 52.4 Å². The van der Waals surface area contributed by atoms with Crippen molar-refractivity contribution >= 4 is 28.7 Å². The number of rotatable bonds is 6. The molecular weight excluding hydrogens is 503 g/mol. The van der Waals surface area contributed by atoms with Crippen molar-refractivity contribution in [3.05, 3.63) is 51.4 Å². The maximum atomic E-state index is 15.2. The van der Waals surface area contributed by atoms with Gasteiger partial charge in [0.15, 0.2) is 11.8 Å². The molecule has 1 aromatic carbocycles. The van der Waals surface area contributed by atoms with Gasteiger partial charge in [0, 0.05) is 19.2 Å². The van der Waals surface area contributed by atoms with Crippen LogP contribution in [0, 0.1) is 5.82 Å². The van der Waals surface area contributed by atoms with Gasteiger partial charge in [0.05, 0.1) is 29.4 Å². The van der Waals surface area contributed by atoms with Gasteiger partial charge < -0.3 is 29.2 Å². The quantitative estimate of drug-likeness (QED) is 0.504. The number of H-pyrrole nitrogens is 1. The molecule has 2 N–H and O–H groups in total. The number of hydrogen-bond acceptors (Lipinski definition) is 7. The Morgan fingerprint density at radius 1 is 1.27 bits per heavy atom. The second-order valence-corrected chi connectivity index (χ2v) is 10.3. The van der Waals surface area contributed by atoms with Crippen molar-refractivity contribution in [1.82, 2.24) is 19.9 Å². The Labute approximate surface area is 217 Å². The largest absolute Gasteiger partial charge is 0.456 e. The van der Waals surface area contributed by atoms with Crippen LogP contribution in [-0.2, 0) is 22.3 Å². The van der Waals surface area contributed by atoms with Gasteiger partial charge >= 0.3 is 0 Å². The first kappa shape index (κ1) is 24.5. The molecule has 37 heavy (non-hydrogen) atoms. The Hall–Kier alpha value is -2.79. The number of aliphatic hydroxyl groups is 1. The summed E-state index contributed by atoms with van der Waals surface area (Å²) in [6.07, 6.45) is 0.0777. The van der Waals surface area contributed by atoms with Gasteiger partial charge in [-0.15, -0.1) is 0 Å². The fraction of sp³-hybridized carbons (Fsp3) is 0.500. The topological polar surface area (TPSA) is 110 Å². The number of aromatic nitrogens is 3. The molecule has 2 saturated heterocycles. The van der Waals surface area contributed by atoms with E-state index in [4.69, 9.17) is 25.8 Å². The molecule has 1 unspecified atom stereocenters. The zero-order valence-corrected chi connectivity index (χ0v) is 21.3. The van der Waals surface area contributed by atoms with Crippen molar-refractivity contribution in [3.8, 4) is 6.01 Å². The van der Waals surface area contributed by atoms with Crippen molar-refractivity contribution in [2.24, 2.45) is 0 Å². The van der Waals surface area contributed by atoms with Gasteiger partial charge in [-0.05, 0) is 61.4 Å². The molecule has 2 aromatic heterocycles. The highest BCUT2D eigenvalue weighted by molar-refractivity contribution is 6.31. The highest BCUT2D eigenvalue weighted by atomic mass is 35.5. The number of nitrogens with one attached hydrogen (secondary N) is 1. The summed E-state index contributed by atoms with van der Waals surface area (Å²) in [5.74, 6) is -0.648. The van der Waals surface area contributed by atoms with Crippen LogP contribution in [0.3, 0.4) is 0 Å². The number of fused-ring (bicyclic) bond motifs is 3. The Balaban J connectivity index is 1.21. The lowest BCUT2D eigenvalue weighted by molar-refractivity contribution is 0.00706. The number of carbonyl (C=O) groups excluding carboxylic acids is 1. The van der Waals surface area contributed by atoms with Gasteiger partial charge in [-0.3, -0.25) is 4.79 Å². The van der Waals surface area contributed by atoms with Gasteiger partial charge in [0.2, 0.25) is 0 Å². The second kappa shape index (κ2) is 9.50. The first-order valence-corrected chi connectivity index (χ1v) is 12.9. The number of ether oxygens (including phenoxy) is 3. The van der Waals surface area contributed by atoms with E-state index < -0.39 is 18.3 Å². The fourth-order valence-electron chi connectivity index (χ4n) is 5.56. The average molecular weight is 531 g/mol. The molecule has 3 aliphatic rings. The Kier molecular flexibility index (Phi) is 6.30. The normalized spacial score (nSPS) is 26.5. The number of pyridine rings is 1. The van der Waals surface area contributed by atoms with Gasteiger partial charge in [0.1, 0.15) is 24.1 Å². The lowest BCUT2D eigenvalue weighted by Gasteiger charge is -2.17. The van der Waals surface area contributed by atoms with E-state index >= 15 is 4.39 Å². The Bertz CT molecular complexity index is 1370. The number of benzene rings is 1. The molecule has 0 bridgehead atoms. The van der Waals surface area contributed by atoms with Crippen molar-refractivity contribution in [1.29, 1.82) is 0 Å². The summed E-state index contributed by atoms with van der Waals surface area (Å²) < 4.78 is 32.4. The van der Waals surface area contributed by atoms with Crippen LogP contribution in [0.25, 0.3) is 11.2 Å². The van der Waals surface area contributed by atoms with E-state index in [-0.39, 0.29) is 43.0 Å². The number of aromatic amines is 1. The Morgan fingerprint density at radius 3 is 2.89 bits per heavy atom. The van der Waals surface area contributed by atoms with E-state index in [0.717, 1.165) is 12.0 Å². The molecule has 9 nitrogen and oxygen atoms in total. The van der Waals surface area contributed by atoms with Crippen molar-refractivity contribution < 1.29 is 28.5 Å². The minimum absolute atomic E-state index is 0.0984. The van der Waals surface area contributed by atoms with Crippen LogP contribution in [0.4, 0.5) is 4.39 Å². The monoisotopic (exact) mass is 530 g/mol. The number of amides is 1. The molecule has 0 saturated carbocycles. The summed E-state index contributed by atoms with van der Waals surface area (Å²) in [4.78, 5) is 26.3. The summed E-state index contributed by atoms with van der Waals surface area (Å²) in [6.45, 7) is 2.94. The van der Waals surface area contributed by atoms with Crippen LogP contribution >= 0.6 is 11.6 Å². The molecule has 0 spiro atoms. The van der Waals surface area contributed by atoms with Crippen LogP contribution < -0.4 is 4.74 Å². The molecule has 2 fully saturated rings. The maximum absolute atomic E-state index is 15.2. The van der Waals surface area contributed by atoms with Crippen LogP contribution in [0.1, 0.15) is 46.4 Å². The van der Waals surface area contributed by atoms with Crippen LogP contribution in [0.2, 0.25) is 5.02 Å². The summed E-state index contributed by atoms with van der Waals surface area (Å²) in [5.41, 5.74) is 3.56. The van der Waals surface area contributed by atoms with Gasteiger partial charge in [-0.25, -0.2) is 9.37 Å². The number of carbonyl (C=O) groups is 1. The zero-order chi connectivity index (χ0) is 25.8. The summed E-state index contributed by atoms with van der Waals surface area (Å²) in [5, 5.41) is 10.4. The number of hydrogen-bond donors (Lipinski definition) is 2. The SMILES string of the molecule is CCN(C)C(=O)c1cc(F)c2c(c1)CCC2Cc1nc2nc(O[C@@H]3CO[C@H]4[C@@H]3OC[C@H]4O)[nH]c2cc1Cl. The molecule has 1 aliphatic carbocycles. The highest BCUT2D eigenvalue weighted by Gasteiger charge is 2.48. The van der Waals surface area contributed by atoms with Crippen LogP contribution in [0.15, 0.2) is 18.2 Å². The predicted octanol–water partition coefficient (Wildman–Crippen LogP) is 3.02. The number of aliphatic hydroxyl groups excluding tert-OH is 1. The van der Waals surface area contributed by atoms with E-state index in [2.05, 4.69) is 15.0 Å². The third kappa shape index (κ3) is 4.35. The first-order chi connectivity index (χ1) is 17.8. The molecule has 6 rings (SSSR count). The highest BCUT2D eigenvalue weighted by Crippen LogP contribution is 2.39. The van der Waals surface area contributed by atoms with Crippen molar-refractivity contribution in [2.45, 2.75) is 56.5 Å². The standard InChI is InChI=1S/C26H28ClFN4O5/c1-3-32(2)25(34)14-6-12-4-5-13(21(12)16(28)7-14)8-17-15(27)9-18-24(29-17)31-26(30-18)37-20-11-36-22-19(33)10-35-23(20)22/h6-7,9,13,19-20,22-23,33H,3-5,8,10-11H2,1-2H3,(H,29,30,31)/t13?,19-,20-,22-,23-/m1/s1. The molecular formula is C26H28ClFN4O5. The number of imidazole rings is 1.